The number of rotatable bonds is 29. The van der Waals surface area contributed by atoms with E-state index in [0.29, 0.717) is 117 Å². The van der Waals surface area contributed by atoms with E-state index in [2.05, 4.69) is 27.1 Å². The van der Waals surface area contributed by atoms with Gasteiger partial charge in [0.05, 0.1) is 34.6 Å². The quantitative estimate of drug-likeness (QED) is 0.0133. The number of nitrogens with one attached hydrogen (secondary N) is 1. The molecule has 20 heteroatoms. The number of aromatic nitrogens is 4. The van der Waals surface area contributed by atoms with Crippen molar-refractivity contribution in [3.8, 4) is 29.0 Å². The van der Waals surface area contributed by atoms with E-state index in [1.165, 1.54) is 11.8 Å². The van der Waals surface area contributed by atoms with Crippen LogP contribution in [0.1, 0.15) is 124 Å². The van der Waals surface area contributed by atoms with Crippen LogP contribution in [0, 0.1) is 17.8 Å². The first-order valence-electron chi connectivity index (χ1n) is 26.4. The summed E-state index contributed by atoms with van der Waals surface area (Å²) in [6.07, 6.45) is 9.64. The third-order valence-electron chi connectivity index (χ3n) is 13.6. The summed E-state index contributed by atoms with van der Waals surface area (Å²) in [5.41, 5.74) is 8.80. The lowest BCUT2D eigenvalue weighted by Crippen LogP contribution is -2.47. The minimum atomic E-state index is -1.99. The number of esters is 1. The first-order valence-corrected chi connectivity index (χ1v) is 27.6. The van der Waals surface area contributed by atoms with Gasteiger partial charge in [-0.25, -0.2) is 24.5 Å². The van der Waals surface area contributed by atoms with Crippen molar-refractivity contribution in [1.82, 2.24) is 19.5 Å². The van der Waals surface area contributed by atoms with E-state index in [1.807, 2.05) is 13.2 Å². The number of nitrogens with two attached hydrogens (primary N) is 1. The number of hydrogen-bond acceptors (Lipinski definition) is 18. The van der Waals surface area contributed by atoms with Gasteiger partial charge in [-0.05, 0) is 105 Å². The van der Waals surface area contributed by atoms with E-state index in [4.69, 9.17) is 34.4 Å². The molecule has 2 aliphatic heterocycles. The third-order valence-corrected chi connectivity index (χ3v) is 14.2. The maximum atomic E-state index is 14.1. The fraction of sp³-hybridized carbons (Fsp3) is 0.448. The van der Waals surface area contributed by atoms with Gasteiger partial charge in [-0.2, -0.15) is 0 Å². The number of carbonyl (C=O) groups is 6. The fourth-order valence-corrected chi connectivity index (χ4v) is 9.81. The molecule has 0 radical (unpaired) electrons. The van der Waals surface area contributed by atoms with Crippen molar-refractivity contribution >= 4 is 63.7 Å². The molecule has 19 nitrogen and oxygen atoms in total. The number of carbonyl (C=O) groups excluding carboxylic acids is 6. The monoisotopic (exact) mass is 1090 g/mol. The Kier molecular flexibility index (Phi) is 21.2. The number of nitrogens with zero attached hydrogens (tertiary/aromatic N) is 4. The number of anilines is 1. The zero-order chi connectivity index (χ0) is 55.6. The summed E-state index contributed by atoms with van der Waals surface area (Å²) in [4.78, 5) is 106. The molecule has 0 saturated heterocycles. The highest BCUT2D eigenvalue weighted by Gasteiger charge is 2.51. The smallest absolute Gasteiger partial charge is 0.508 e. The molecule has 5 aromatic rings. The molecule has 78 heavy (non-hydrogen) atoms. The molecule has 0 spiro atoms. The number of pyridine rings is 2. The maximum absolute atomic E-state index is 14.1. The van der Waals surface area contributed by atoms with E-state index in [0.717, 1.165) is 22.1 Å². The minimum Gasteiger partial charge on any atom is -0.508 e. The van der Waals surface area contributed by atoms with Crippen LogP contribution in [0.15, 0.2) is 70.9 Å². The molecule has 0 bridgehead atoms. The van der Waals surface area contributed by atoms with Crippen LogP contribution in [-0.2, 0) is 79.4 Å². The van der Waals surface area contributed by atoms with Crippen LogP contribution in [0.3, 0.4) is 0 Å². The number of aryl methyl sites for hydroxylation is 1. The number of cyclic esters (lactones) is 1. The third kappa shape index (κ3) is 15.0. The molecule has 0 unspecified atom stereocenters. The number of Topliss-reactive ketones (excluding diaryl/α,β-unsaturated/α-hetero) is 3. The highest BCUT2D eigenvalue weighted by Crippen LogP contribution is 2.42. The summed E-state index contributed by atoms with van der Waals surface area (Å²) < 4.78 is 29.4. The number of thioether (sulfide) groups is 1. The lowest BCUT2D eigenvalue weighted by molar-refractivity contribution is -0.175. The van der Waals surface area contributed by atoms with Gasteiger partial charge in [0, 0.05) is 85.8 Å². The lowest BCUT2D eigenvalue weighted by atomic mass is 9.85. The molecule has 2 aromatic carbocycles. The Morgan fingerprint density at radius 2 is 1.63 bits per heavy atom. The Morgan fingerprint density at radius 3 is 2.35 bits per heavy atom. The van der Waals surface area contributed by atoms with Gasteiger partial charge in [0.1, 0.15) is 38.0 Å². The molecule has 0 aliphatic carbocycles. The second-order valence-corrected chi connectivity index (χ2v) is 19.9. The van der Waals surface area contributed by atoms with Crippen molar-refractivity contribution in [3.63, 3.8) is 0 Å². The van der Waals surface area contributed by atoms with Crippen LogP contribution in [0.25, 0.3) is 22.3 Å². The Hall–Kier alpha value is -7.31. The van der Waals surface area contributed by atoms with Gasteiger partial charge in [0.25, 0.3) is 5.56 Å². The van der Waals surface area contributed by atoms with E-state index >= 15 is 0 Å². The number of ether oxygens (including phenoxy) is 5. The predicted octanol–water partition coefficient (Wildman–Crippen LogP) is 7.82. The Balaban J connectivity index is 0.823. The topological polar surface area (TPSA) is 268 Å². The van der Waals surface area contributed by atoms with Crippen LogP contribution in [-0.4, -0.2) is 99.2 Å². The molecule has 5 heterocycles. The van der Waals surface area contributed by atoms with Crippen molar-refractivity contribution in [1.29, 1.82) is 0 Å². The molecule has 4 N–H and O–H groups in total. The highest BCUT2D eigenvalue weighted by molar-refractivity contribution is 7.98. The normalized spacial score (nSPS) is 14.5. The van der Waals surface area contributed by atoms with Crippen molar-refractivity contribution in [2.75, 3.05) is 44.5 Å². The number of unbranched alkanes of at least 4 members (excludes halogenated alkanes) is 2. The van der Waals surface area contributed by atoms with Gasteiger partial charge in [0.2, 0.25) is 11.5 Å². The van der Waals surface area contributed by atoms with Gasteiger partial charge in [-0.15, -0.1) is 0 Å². The summed E-state index contributed by atoms with van der Waals surface area (Å²) in [6.45, 7) is 3.90. The van der Waals surface area contributed by atoms with Crippen molar-refractivity contribution < 1.29 is 57.6 Å². The minimum absolute atomic E-state index is 0.0646. The number of aromatic hydroxyl groups is 1. The van der Waals surface area contributed by atoms with Gasteiger partial charge in [-0.1, -0.05) is 56.0 Å². The van der Waals surface area contributed by atoms with Crippen LogP contribution >= 0.6 is 11.8 Å². The summed E-state index contributed by atoms with van der Waals surface area (Å²) in [7, 11) is 0. The number of fused-ring (bicyclic) bond motifs is 5. The van der Waals surface area contributed by atoms with Gasteiger partial charge >= 0.3 is 12.1 Å². The van der Waals surface area contributed by atoms with E-state index in [9.17, 15) is 38.7 Å². The van der Waals surface area contributed by atoms with Crippen LogP contribution in [0.5, 0.6) is 5.75 Å². The zero-order valence-corrected chi connectivity index (χ0v) is 45.1. The van der Waals surface area contributed by atoms with Crippen LogP contribution in [0.2, 0.25) is 0 Å². The van der Waals surface area contributed by atoms with Crippen molar-refractivity contribution in [2.45, 2.75) is 128 Å². The van der Waals surface area contributed by atoms with E-state index < -0.39 is 29.2 Å². The Morgan fingerprint density at radius 1 is 0.897 bits per heavy atom. The first-order chi connectivity index (χ1) is 37.8. The lowest BCUT2D eigenvalue weighted by Gasteiger charge is -2.35. The second-order valence-electron chi connectivity index (χ2n) is 19.1. The number of benzene rings is 2. The predicted molar refractivity (Wildman–Crippen MR) is 290 cm³/mol. The molecule has 3 aromatic heterocycles. The Bertz CT molecular complexity index is 3120. The van der Waals surface area contributed by atoms with Crippen LogP contribution < -0.4 is 16.6 Å². The van der Waals surface area contributed by atoms with Crippen molar-refractivity contribution in [3.05, 3.63) is 105 Å². The standard InChI is InChI=1S/C58H66N6O13S/c1-4-45-46-28-42(66)22-23-50(46)63-52-47(45)32-64-51(52)29-49-48(54(64)70)36-75-55(71)58(49,5-2)77-57(72)76-33-37-18-20-40(21-19-37)62-53(69)39(14-9-10-24-59)27-44(68)35-74-34-43(67)17-12-26-73-25-11-16-41(65)15-8-6-7-13-38-30-60-56(78-3)61-31-38/h18-23,28-31,39,66H,4-6,8-12,14-17,24-27,32-36,59H2,1-3H3,(H,62,69)/t39-,58+/m1/s1. The Labute approximate surface area is 456 Å². The highest BCUT2D eigenvalue weighted by atomic mass is 32.2. The average molecular weight is 1090 g/mol. The maximum Gasteiger partial charge on any atom is 0.510 e. The van der Waals surface area contributed by atoms with Gasteiger partial charge in [0.15, 0.2) is 16.7 Å². The second kappa shape index (κ2) is 28.4. The molecule has 1 amide bonds. The van der Waals surface area contributed by atoms with Gasteiger partial charge in [-0.3, -0.25) is 24.0 Å². The zero-order valence-electron chi connectivity index (χ0n) is 44.3. The molecule has 2 atom stereocenters. The van der Waals surface area contributed by atoms with Crippen molar-refractivity contribution in [2.24, 2.45) is 11.7 Å². The molecule has 412 valence electrons. The summed E-state index contributed by atoms with van der Waals surface area (Å²) in [6, 6.07) is 13.1. The summed E-state index contributed by atoms with van der Waals surface area (Å²) in [5.74, 6) is 3.89. The van der Waals surface area contributed by atoms with E-state index in [1.54, 1.807) is 72.4 Å². The molecule has 0 saturated carbocycles. The molecule has 7 rings (SSSR count). The molecular formula is C58H66N6O13S. The SMILES string of the molecule is CCc1c2c(nc3ccc(O)cc13)-c1cc3c(c(=O)n1C2)COC(=O)[C@@]3(CC)OC(=O)OCc1ccc(NC(=O)[C@H](CCCCN)CC(=O)COCC(=O)CCCOCCCC(=O)CCCC#Cc2cnc(SC)nc2)cc1. The largest absolute Gasteiger partial charge is 0.510 e. The van der Waals surface area contributed by atoms with Gasteiger partial charge < -0.3 is 44.4 Å². The number of amides is 1. The summed E-state index contributed by atoms with van der Waals surface area (Å²) >= 11 is 1.46. The number of hydrogen-bond donors (Lipinski definition) is 3. The summed E-state index contributed by atoms with van der Waals surface area (Å²) in [5, 5.41) is 14.5. The fourth-order valence-electron chi connectivity index (χ4n) is 9.49. The number of phenolic OH excluding ortho intramolecular Hbond substituents is 1. The molecule has 2 aliphatic rings. The molecule has 0 fully saturated rings. The number of phenols is 1. The van der Waals surface area contributed by atoms with Crippen LogP contribution in [0.4, 0.5) is 10.5 Å². The number of ketones is 3. The average Bonchev–Trinajstić information content (AvgIpc) is 4.04. The molecular weight excluding hydrogens is 1020 g/mol. The first kappa shape index (κ1) is 58.4. The van der Waals surface area contributed by atoms with E-state index in [-0.39, 0.29) is 92.4 Å².